The molecule has 188 valence electrons. The van der Waals surface area contributed by atoms with Crippen molar-refractivity contribution in [3.8, 4) is 28.7 Å². The molecule has 0 atom stereocenters. The van der Waals surface area contributed by atoms with E-state index in [1.807, 2.05) is 30.4 Å². The van der Waals surface area contributed by atoms with E-state index in [2.05, 4.69) is 5.32 Å². The lowest BCUT2D eigenvalue weighted by Gasteiger charge is -2.15. The Kier molecular flexibility index (Phi) is 8.94. The fourth-order valence-corrected chi connectivity index (χ4v) is 3.52. The molecule has 0 amide bonds. The monoisotopic (exact) mass is 493 g/mol. The molecule has 0 radical (unpaired) electrons. The summed E-state index contributed by atoms with van der Waals surface area (Å²) in [7, 11) is 7.73. The van der Waals surface area contributed by atoms with Crippen molar-refractivity contribution in [3.05, 3.63) is 83.3 Å². The van der Waals surface area contributed by atoms with Gasteiger partial charge in [-0.3, -0.25) is 4.79 Å². The molecule has 36 heavy (non-hydrogen) atoms. The van der Waals surface area contributed by atoms with E-state index in [4.69, 9.17) is 23.7 Å². The minimum absolute atomic E-state index is 0.279. The maximum atomic E-state index is 13.1. The van der Waals surface area contributed by atoms with Crippen LogP contribution in [-0.4, -0.2) is 41.3 Å². The predicted octanol–water partition coefficient (Wildman–Crippen LogP) is 5.85. The molecular weight excluding hydrogens is 465 g/mol. The highest BCUT2D eigenvalue weighted by molar-refractivity contribution is 6.04. The van der Waals surface area contributed by atoms with Crippen molar-refractivity contribution in [2.24, 2.45) is 0 Å². The maximum absolute atomic E-state index is 13.1. The van der Waals surface area contributed by atoms with Gasteiger partial charge in [-0.2, -0.15) is 0 Å². The number of ether oxygens (including phenoxy) is 5. The van der Waals surface area contributed by atoms with Crippen molar-refractivity contribution in [2.45, 2.75) is 0 Å². The smallest absolute Gasteiger partial charge is 0.203 e. The van der Waals surface area contributed by atoms with Crippen molar-refractivity contribution in [1.29, 1.82) is 0 Å². The van der Waals surface area contributed by atoms with Crippen LogP contribution in [0.15, 0.2) is 60.8 Å². The topological polar surface area (TPSA) is 75.2 Å². The number of benzene rings is 3. The second kappa shape index (κ2) is 12.3. The summed E-state index contributed by atoms with van der Waals surface area (Å²) in [5.41, 5.74) is 2.53. The first-order valence-corrected chi connectivity index (χ1v) is 10.9. The number of carbonyl (C=O) groups excluding carboxylic acids is 1. The Labute approximate surface area is 209 Å². The fourth-order valence-electron chi connectivity index (χ4n) is 3.52. The predicted molar refractivity (Wildman–Crippen MR) is 138 cm³/mol. The molecule has 0 aliphatic heterocycles. The van der Waals surface area contributed by atoms with Gasteiger partial charge >= 0.3 is 0 Å². The third-order valence-electron chi connectivity index (χ3n) is 5.31. The number of rotatable bonds is 11. The highest BCUT2D eigenvalue weighted by atomic mass is 19.1. The standard InChI is InChI=1S/C28H28FNO6/c1-32-23-13-10-20(7-6-18-16-24(33-2)27(35-4)25(17-18)34-3)26(28(23)36-5)30-15-14-22(31)19-8-11-21(29)12-9-19/h6-17,30H,1-5H3. The van der Waals surface area contributed by atoms with Crippen LogP contribution in [0.3, 0.4) is 0 Å². The Morgan fingerprint density at radius 2 is 1.36 bits per heavy atom. The number of methoxy groups -OCH3 is 5. The number of hydrogen-bond donors (Lipinski definition) is 1. The first kappa shape index (κ1) is 26.2. The second-order valence-electron chi connectivity index (χ2n) is 7.41. The van der Waals surface area contributed by atoms with Gasteiger partial charge < -0.3 is 29.0 Å². The number of hydrogen-bond acceptors (Lipinski definition) is 7. The number of allylic oxidation sites excluding steroid dienone is 1. The molecule has 0 spiro atoms. The summed E-state index contributed by atoms with van der Waals surface area (Å²) >= 11 is 0. The molecular formula is C28H28FNO6. The van der Waals surface area contributed by atoms with Crippen LogP contribution in [0.2, 0.25) is 0 Å². The molecule has 0 fully saturated rings. The summed E-state index contributed by atoms with van der Waals surface area (Å²) in [6.07, 6.45) is 6.61. The van der Waals surface area contributed by atoms with E-state index in [0.29, 0.717) is 40.0 Å². The normalized spacial score (nSPS) is 10.9. The number of ketones is 1. The first-order chi connectivity index (χ1) is 17.4. The van der Waals surface area contributed by atoms with Crippen LogP contribution in [0.4, 0.5) is 10.1 Å². The third kappa shape index (κ3) is 5.96. The second-order valence-corrected chi connectivity index (χ2v) is 7.41. The molecule has 0 bridgehead atoms. The van der Waals surface area contributed by atoms with Gasteiger partial charge in [-0.1, -0.05) is 12.2 Å². The zero-order chi connectivity index (χ0) is 26.1. The van der Waals surface area contributed by atoms with E-state index in [9.17, 15) is 9.18 Å². The largest absolute Gasteiger partial charge is 0.493 e. The number of halogens is 1. The van der Waals surface area contributed by atoms with Gasteiger partial charge in [0.15, 0.2) is 28.8 Å². The molecule has 7 nitrogen and oxygen atoms in total. The summed E-state index contributed by atoms with van der Waals surface area (Å²) in [5.74, 6) is 1.86. The average Bonchev–Trinajstić information content (AvgIpc) is 2.91. The number of nitrogens with one attached hydrogen (secondary N) is 1. The van der Waals surface area contributed by atoms with E-state index in [1.54, 1.807) is 34.5 Å². The van der Waals surface area contributed by atoms with Crippen LogP contribution in [0.25, 0.3) is 12.2 Å². The molecule has 3 aromatic carbocycles. The van der Waals surface area contributed by atoms with E-state index < -0.39 is 5.82 Å². The van der Waals surface area contributed by atoms with Gasteiger partial charge in [-0.25, -0.2) is 4.39 Å². The molecule has 0 aromatic heterocycles. The zero-order valence-corrected chi connectivity index (χ0v) is 20.8. The van der Waals surface area contributed by atoms with Gasteiger partial charge in [0.1, 0.15) is 5.82 Å². The Morgan fingerprint density at radius 3 is 1.92 bits per heavy atom. The minimum Gasteiger partial charge on any atom is -0.493 e. The summed E-state index contributed by atoms with van der Waals surface area (Å²) < 4.78 is 40.4. The molecule has 0 saturated heterocycles. The minimum atomic E-state index is -0.404. The van der Waals surface area contributed by atoms with Gasteiger partial charge in [-0.15, -0.1) is 0 Å². The van der Waals surface area contributed by atoms with E-state index in [0.717, 1.165) is 11.1 Å². The third-order valence-corrected chi connectivity index (χ3v) is 5.31. The molecule has 0 unspecified atom stereocenters. The van der Waals surface area contributed by atoms with E-state index >= 15 is 0 Å². The quantitative estimate of drug-likeness (QED) is 0.204. The summed E-state index contributed by atoms with van der Waals surface area (Å²) in [5, 5.41) is 3.12. The molecule has 0 aliphatic rings. The molecule has 3 rings (SSSR count). The van der Waals surface area contributed by atoms with Crippen molar-refractivity contribution >= 4 is 23.6 Å². The van der Waals surface area contributed by atoms with Crippen LogP contribution in [0, 0.1) is 5.82 Å². The first-order valence-electron chi connectivity index (χ1n) is 10.9. The molecule has 0 saturated carbocycles. The average molecular weight is 494 g/mol. The van der Waals surface area contributed by atoms with Gasteiger partial charge in [0.25, 0.3) is 0 Å². The van der Waals surface area contributed by atoms with Gasteiger partial charge in [0, 0.05) is 23.4 Å². The Hall–Kier alpha value is -4.46. The highest BCUT2D eigenvalue weighted by Crippen LogP contribution is 2.40. The lowest BCUT2D eigenvalue weighted by Crippen LogP contribution is -2.01. The summed E-state index contributed by atoms with van der Waals surface area (Å²) in [4.78, 5) is 12.4. The maximum Gasteiger partial charge on any atom is 0.203 e. The lowest BCUT2D eigenvalue weighted by molar-refractivity contribution is 0.104. The molecule has 0 aliphatic carbocycles. The van der Waals surface area contributed by atoms with E-state index in [1.165, 1.54) is 43.7 Å². The van der Waals surface area contributed by atoms with Gasteiger partial charge in [0.2, 0.25) is 5.75 Å². The van der Waals surface area contributed by atoms with Gasteiger partial charge in [0.05, 0.1) is 41.2 Å². The summed E-state index contributed by atoms with van der Waals surface area (Å²) in [6, 6.07) is 12.6. The van der Waals surface area contributed by atoms with Crippen molar-refractivity contribution in [1.82, 2.24) is 0 Å². The van der Waals surface area contributed by atoms with Crippen molar-refractivity contribution in [3.63, 3.8) is 0 Å². The van der Waals surface area contributed by atoms with Crippen molar-refractivity contribution in [2.75, 3.05) is 40.9 Å². The van der Waals surface area contributed by atoms with E-state index in [-0.39, 0.29) is 5.78 Å². The summed E-state index contributed by atoms with van der Waals surface area (Å²) in [6.45, 7) is 0. The van der Waals surface area contributed by atoms with Gasteiger partial charge in [-0.05, 0) is 54.1 Å². The van der Waals surface area contributed by atoms with Crippen LogP contribution >= 0.6 is 0 Å². The molecule has 8 heteroatoms. The SMILES string of the molecule is COc1cc(C=Cc2ccc(OC)c(OC)c2NC=CC(=O)c2ccc(F)cc2)cc(OC)c1OC. The Morgan fingerprint density at radius 1 is 0.750 bits per heavy atom. The van der Waals surface area contributed by atoms with Crippen LogP contribution in [0.5, 0.6) is 28.7 Å². The fraction of sp³-hybridized carbons (Fsp3) is 0.179. The Bertz CT molecular complexity index is 1240. The Balaban J connectivity index is 1.95. The van der Waals surface area contributed by atoms with Crippen molar-refractivity contribution < 1.29 is 32.9 Å². The lowest BCUT2D eigenvalue weighted by atomic mass is 10.1. The van der Waals surface area contributed by atoms with Crippen LogP contribution in [0.1, 0.15) is 21.5 Å². The van der Waals surface area contributed by atoms with Crippen LogP contribution < -0.4 is 29.0 Å². The highest BCUT2D eigenvalue weighted by Gasteiger charge is 2.15. The zero-order valence-electron chi connectivity index (χ0n) is 20.8. The molecule has 1 N–H and O–H groups in total. The van der Waals surface area contributed by atoms with Crippen LogP contribution in [-0.2, 0) is 0 Å². The number of carbonyl (C=O) groups is 1. The molecule has 3 aromatic rings. The number of anilines is 1. The molecule has 0 heterocycles.